The number of nitrogens with one attached hydrogen (secondary N) is 1. The second kappa shape index (κ2) is 6.04. The third kappa shape index (κ3) is 2.75. The molecule has 4 nitrogen and oxygen atoms in total. The van der Waals surface area contributed by atoms with Gasteiger partial charge in [-0.25, -0.2) is 0 Å². The number of hydrogen-bond donors (Lipinski definition) is 1. The van der Waals surface area contributed by atoms with Crippen molar-refractivity contribution in [3.63, 3.8) is 0 Å². The van der Waals surface area contributed by atoms with Gasteiger partial charge in [-0.2, -0.15) is 0 Å². The number of hydrogen-bond acceptors (Lipinski definition) is 2. The van der Waals surface area contributed by atoms with E-state index in [9.17, 15) is 4.79 Å². The third-order valence-electron chi connectivity index (χ3n) is 4.73. The number of amides is 1. The second-order valence-corrected chi connectivity index (χ2v) is 6.39. The number of H-pyrrole nitrogens is 1. The van der Waals surface area contributed by atoms with Crippen molar-refractivity contribution in [1.29, 1.82) is 0 Å². The molecule has 0 spiro atoms. The molecule has 1 N–H and O–H groups in total. The van der Waals surface area contributed by atoms with Crippen molar-refractivity contribution in [1.82, 2.24) is 9.88 Å². The first kappa shape index (κ1) is 14.8. The summed E-state index contributed by atoms with van der Waals surface area (Å²) in [5.74, 6) is 0.0924. The number of anilines is 1. The number of rotatable bonds is 2. The Morgan fingerprint density at radius 2 is 1.67 bits per heavy atom. The zero-order chi connectivity index (χ0) is 16.5. The molecule has 1 amide bonds. The number of aromatic nitrogens is 1. The molecule has 2 aromatic carbocycles. The lowest BCUT2D eigenvalue weighted by Gasteiger charge is -2.36. The molecule has 4 heteroatoms. The Kier molecular flexibility index (Phi) is 3.73. The van der Waals surface area contributed by atoms with Gasteiger partial charge in [0.2, 0.25) is 0 Å². The summed E-state index contributed by atoms with van der Waals surface area (Å²) in [4.78, 5) is 20.3. The van der Waals surface area contributed by atoms with Crippen LogP contribution in [0.15, 0.2) is 54.6 Å². The van der Waals surface area contributed by atoms with Gasteiger partial charge < -0.3 is 14.8 Å². The Bertz CT molecular complexity index is 825. The van der Waals surface area contributed by atoms with Gasteiger partial charge in [-0.3, -0.25) is 4.79 Å². The molecule has 0 aliphatic carbocycles. The van der Waals surface area contributed by atoms with Crippen LogP contribution in [0.3, 0.4) is 0 Å². The molecule has 1 aliphatic rings. The molecule has 0 atom stereocenters. The molecular weight excluding hydrogens is 298 g/mol. The highest BCUT2D eigenvalue weighted by atomic mass is 16.2. The van der Waals surface area contributed by atoms with Crippen LogP contribution in [0.1, 0.15) is 16.1 Å². The fourth-order valence-electron chi connectivity index (χ4n) is 3.28. The smallest absolute Gasteiger partial charge is 0.270 e. The van der Waals surface area contributed by atoms with Gasteiger partial charge in [0.05, 0.1) is 0 Å². The minimum atomic E-state index is 0.0924. The fraction of sp³-hybridized carbons (Fsp3) is 0.250. The molecule has 1 aromatic heterocycles. The maximum absolute atomic E-state index is 12.7. The van der Waals surface area contributed by atoms with Crippen LogP contribution in [0.25, 0.3) is 10.9 Å². The van der Waals surface area contributed by atoms with Gasteiger partial charge in [0.25, 0.3) is 5.91 Å². The van der Waals surface area contributed by atoms with Crippen LogP contribution in [0.4, 0.5) is 5.69 Å². The number of piperazine rings is 1. The van der Waals surface area contributed by atoms with Gasteiger partial charge >= 0.3 is 0 Å². The summed E-state index contributed by atoms with van der Waals surface area (Å²) in [5.41, 5.74) is 4.20. The third-order valence-corrected chi connectivity index (χ3v) is 4.73. The topological polar surface area (TPSA) is 39.3 Å². The van der Waals surface area contributed by atoms with Crippen LogP contribution in [0.2, 0.25) is 0 Å². The fourth-order valence-corrected chi connectivity index (χ4v) is 3.28. The Morgan fingerprint density at radius 1 is 0.958 bits per heavy atom. The van der Waals surface area contributed by atoms with Crippen molar-refractivity contribution in [2.75, 3.05) is 31.1 Å². The van der Waals surface area contributed by atoms with Crippen LogP contribution >= 0.6 is 0 Å². The zero-order valence-corrected chi connectivity index (χ0v) is 13.8. The summed E-state index contributed by atoms with van der Waals surface area (Å²) >= 11 is 0. The van der Waals surface area contributed by atoms with E-state index in [0.717, 1.165) is 37.1 Å². The molecule has 1 aliphatic heterocycles. The van der Waals surface area contributed by atoms with Crippen molar-refractivity contribution in [3.05, 3.63) is 65.9 Å². The molecule has 0 radical (unpaired) electrons. The van der Waals surface area contributed by atoms with Crippen LogP contribution < -0.4 is 4.90 Å². The summed E-state index contributed by atoms with van der Waals surface area (Å²) in [7, 11) is 0. The first-order valence-corrected chi connectivity index (χ1v) is 8.39. The molecule has 1 saturated heterocycles. The first-order valence-electron chi connectivity index (χ1n) is 8.39. The van der Waals surface area contributed by atoms with E-state index in [-0.39, 0.29) is 5.91 Å². The molecule has 0 unspecified atom stereocenters. The highest BCUT2D eigenvalue weighted by Crippen LogP contribution is 2.19. The standard InChI is InChI=1S/C20H21N3O/c1-15-6-8-17(9-7-15)22-10-12-23(13-11-22)20(24)19-14-16-4-2-3-5-18(16)21-19/h2-9,14,21H,10-13H2,1H3. The Hall–Kier alpha value is -2.75. The molecule has 1 fully saturated rings. The average molecular weight is 319 g/mol. The highest BCUT2D eigenvalue weighted by molar-refractivity contribution is 5.98. The summed E-state index contributed by atoms with van der Waals surface area (Å²) in [5, 5.41) is 1.08. The van der Waals surface area contributed by atoms with Gasteiger partial charge in [0.1, 0.15) is 5.69 Å². The van der Waals surface area contributed by atoms with Crippen molar-refractivity contribution in [3.8, 4) is 0 Å². The Morgan fingerprint density at radius 3 is 2.38 bits per heavy atom. The molecule has 0 saturated carbocycles. The lowest BCUT2D eigenvalue weighted by atomic mass is 10.2. The number of carbonyl (C=O) groups excluding carboxylic acids is 1. The van der Waals surface area contributed by atoms with Crippen molar-refractivity contribution < 1.29 is 4.79 Å². The number of carbonyl (C=O) groups is 1. The van der Waals surface area contributed by atoms with Gasteiger partial charge in [0, 0.05) is 42.8 Å². The van der Waals surface area contributed by atoms with Crippen LogP contribution in [-0.4, -0.2) is 42.0 Å². The number of benzene rings is 2. The van der Waals surface area contributed by atoms with E-state index in [1.165, 1.54) is 11.3 Å². The zero-order valence-electron chi connectivity index (χ0n) is 13.8. The predicted molar refractivity (Wildman–Crippen MR) is 97.6 cm³/mol. The van der Waals surface area contributed by atoms with E-state index in [1.807, 2.05) is 35.2 Å². The van der Waals surface area contributed by atoms with Gasteiger partial charge in [-0.05, 0) is 31.2 Å². The Labute approximate surface area is 141 Å². The van der Waals surface area contributed by atoms with E-state index in [4.69, 9.17) is 0 Å². The normalized spacial score (nSPS) is 15.0. The van der Waals surface area contributed by atoms with Crippen LogP contribution in [0.5, 0.6) is 0 Å². The van der Waals surface area contributed by atoms with Crippen LogP contribution in [0, 0.1) is 6.92 Å². The minimum absolute atomic E-state index is 0.0924. The number of aryl methyl sites for hydroxylation is 1. The molecule has 3 aromatic rings. The van der Waals surface area contributed by atoms with Crippen molar-refractivity contribution in [2.45, 2.75) is 6.92 Å². The highest BCUT2D eigenvalue weighted by Gasteiger charge is 2.23. The number of fused-ring (bicyclic) bond motifs is 1. The number of aromatic amines is 1. The molecule has 2 heterocycles. The average Bonchev–Trinajstić information content (AvgIpc) is 3.06. The van der Waals surface area contributed by atoms with Gasteiger partial charge in [-0.15, -0.1) is 0 Å². The van der Waals surface area contributed by atoms with Gasteiger partial charge in [-0.1, -0.05) is 35.9 Å². The largest absolute Gasteiger partial charge is 0.368 e. The maximum atomic E-state index is 12.7. The molecular formula is C20H21N3O. The summed E-state index contributed by atoms with van der Waals surface area (Å²) in [6, 6.07) is 18.5. The second-order valence-electron chi connectivity index (χ2n) is 6.39. The van der Waals surface area contributed by atoms with Crippen molar-refractivity contribution in [2.24, 2.45) is 0 Å². The maximum Gasteiger partial charge on any atom is 0.270 e. The molecule has 4 rings (SSSR count). The van der Waals surface area contributed by atoms with E-state index in [1.54, 1.807) is 0 Å². The number of nitrogens with zero attached hydrogens (tertiary/aromatic N) is 2. The quantitative estimate of drug-likeness (QED) is 0.786. The summed E-state index contributed by atoms with van der Waals surface area (Å²) in [6.07, 6.45) is 0. The summed E-state index contributed by atoms with van der Waals surface area (Å²) in [6.45, 7) is 5.34. The minimum Gasteiger partial charge on any atom is -0.368 e. The molecule has 122 valence electrons. The first-order chi connectivity index (χ1) is 11.7. The Balaban J connectivity index is 1.45. The van der Waals surface area contributed by atoms with E-state index in [0.29, 0.717) is 5.69 Å². The summed E-state index contributed by atoms with van der Waals surface area (Å²) < 4.78 is 0. The lowest BCUT2D eigenvalue weighted by Crippen LogP contribution is -2.48. The van der Waals surface area contributed by atoms with Crippen LogP contribution in [-0.2, 0) is 0 Å². The van der Waals surface area contributed by atoms with E-state index < -0.39 is 0 Å². The van der Waals surface area contributed by atoms with E-state index in [2.05, 4.69) is 41.1 Å². The van der Waals surface area contributed by atoms with Crippen molar-refractivity contribution >= 4 is 22.5 Å². The molecule has 24 heavy (non-hydrogen) atoms. The monoisotopic (exact) mass is 319 g/mol. The SMILES string of the molecule is Cc1ccc(N2CCN(C(=O)c3cc4ccccc4[nH]3)CC2)cc1. The lowest BCUT2D eigenvalue weighted by molar-refractivity contribution is 0.0742. The van der Waals surface area contributed by atoms with Gasteiger partial charge in [0.15, 0.2) is 0 Å². The predicted octanol–water partition coefficient (Wildman–Crippen LogP) is 3.44. The number of para-hydroxylation sites is 1. The van der Waals surface area contributed by atoms with E-state index >= 15 is 0 Å². The molecule has 0 bridgehead atoms.